The lowest BCUT2D eigenvalue weighted by Crippen LogP contribution is -2.41. The standard InChI is InChI=1S/C17H16N2O4S4/c20-16(18-10-12-4-1-7-24-12)17(21)19-11-14(13-5-2-8-25-13)27(22,23)15-6-3-9-26-15/h1-9,14H,10-11H2,(H,18,20)(H,19,21)/t14-/m1/s1. The Morgan fingerprint density at radius 2 is 1.56 bits per heavy atom. The summed E-state index contributed by atoms with van der Waals surface area (Å²) in [6.07, 6.45) is 0. The second kappa shape index (κ2) is 8.79. The zero-order chi connectivity index (χ0) is 19.3. The van der Waals surface area contributed by atoms with Crippen LogP contribution in [0.3, 0.4) is 0 Å². The van der Waals surface area contributed by atoms with Crippen LogP contribution < -0.4 is 10.6 Å². The molecule has 0 unspecified atom stereocenters. The first-order valence-electron chi connectivity index (χ1n) is 7.87. The van der Waals surface area contributed by atoms with E-state index in [1.165, 1.54) is 28.7 Å². The average Bonchev–Trinajstić information content (AvgIpc) is 3.42. The third kappa shape index (κ3) is 4.83. The van der Waals surface area contributed by atoms with Crippen molar-refractivity contribution in [1.29, 1.82) is 0 Å². The summed E-state index contributed by atoms with van der Waals surface area (Å²) in [6, 6.07) is 10.4. The number of hydrogen-bond acceptors (Lipinski definition) is 7. The van der Waals surface area contributed by atoms with Gasteiger partial charge in [0, 0.05) is 16.3 Å². The minimum Gasteiger partial charge on any atom is -0.346 e. The van der Waals surface area contributed by atoms with Gasteiger partial charge in [0.1, 0.15) is 9.46 Å². The molecule has 27 heavy (non-hydrogen) atoms. The maximum Gasteiger partial charge on any atom is 0.309 e. The van der Waals surface area contributed by atoms with E-state index in [-0.39, 0.29) is 17.3 Å². The molecule has 0 bridgehead atoms. The lowest BCUT2D eigenvalue weighted by molar-refractivity contribution is -0.139. The van der Waals surface area contributed by atoms with Gasteiger partial charge in [0.15, 0.2) is 9.84 Å². The fourth-order valence-corrected chi connectivity index (χ4v) is 6.96. The van der Waals surface area contributed by atoms with Gasteiger partial charge >= 0.3 is 11.8 Å². The van der Waals surface area contributed by atoms with Gasteiger partial charge in [-0.1, -0.05) is 18.2 Å². The van der Waals surface area contributed by atoms with Gasteiger partial charge < -0.3 is 10.6 Å². The third-order valence-electron chi connectivity index (χ3n) is 3.67. The van der Waals surface area contributed by atoms with Crippen molar-refractivity contribution in [3.8, 4) is 0 Å². The first kappa shape index (κ1) is 19.7. The normalized spacial score (nSPS) is 12.4. The molecule has 0 saturated carbocycles. The van der Waals surface area contributed by atoms with E-state index >= 15 is 0 Å². The number of sulfone groups is 1. The summed E-state index contributed by atoms with van der Waals surface area (Å²) in [7, 11) is -3.67. The maximum atomic E-state index is 12.9. The van der Waals surface area contributed by atoms with Crippen molar-refractivity contribution in [3.63, 3.8) is 0 Å². The molecule has 0 aliphatic carbocycles. The topological polar surface area (TPSA) is 92.3 Å². The Morgan fingerprint density at radius 1 is 0.889 bits per heavy atom. The Balaban J connectivity index is 1.66. The molecule has 0 saturated heterocycles. The third-order valence-corrected chi connectivity index (χ3v) is 9.19. The van der Waals surface area contributed by atoms with Crippen molar-refractivity contribution in [2.24, 2.45) is 0 Å². The summed E-state index contributed by atoms with van der Waals surface area (Å²) < 4.78 is 26.1. The van der Waals surface area contributed by atoms with E-state index in [0.29, 0.717) is 4.88 Å². The number of carbonyl (C=O) groups excluding carboxylic acids is 2. The first-order valence-corrected chi connectivity index (χ1v) is 12.1. The van der Waals surface area contributed by atoms with E-state index in [1.54, 1.807) is 29.0 Å². The lowest BCUT2D eigenvalue weighted by atomic mass is 10.3. The highest BCUT2D eigenvalue weighted by Gasteiger charge is 2.31. The van der Waals surface area contributed by atoms with E-state index < -0.39 is 26.9 Å². The Morgan fingerprint density at radius 3 is 2.19 bits per heavy atom. The lowest BCUT2D eigenvalue weighted by Gasteiger charge is -2.16. The number of carbonyl (C=O) groups is 2. The summed E-state index contributed by atoms with van der Waals surface area (Å²) in [5.74, 6) is -1.64. The molecule has 3 aromatic rings. The molecule has 2 N–H and O–H groups in total. The van der Waals surface area contributed by atoms with E-state index in [9.17, 15) is 18.0 Å². The minimum atomic E-state index is -3.67. The van der Waals surface area contributed by atoms with Crippen LogP contribution in [0.25, 0.3) is 0 Å². The molecule has 10 heteroatoms. The fraction of sp³-hybridized carbons (Fsp3) is 0.176. The van der Waals surface area contributed by atoms with Crippen molar-refractivity contribution in [3.05, 3.63) is 62.3 Å². The van der Waals surface area contributed by atoms with Crippen LogP contribution in [0.5, 0.6) is 0 Å². The Labute approximate surface area is 168 Å². The number of nitrogens with one attached hydrogen (secondary N) is 2. The monoisotopic (exact) mass is 440 g/mol. The second-order valence-electron chi connectivity index (χ2n) is 5.45. The van der Waals surface area contributed by atoms with E-state index in [4.69, 9.17) is 0 Å². The molecular weight excluding hydrogens is 424 g/mol. The molecule has 2 amide bonds. The van der Waals surface area contributed by atoms with Crippen LogP contribution in [0, 0.1) is 0 Å². The van der Waals surface area contributed by atoms with Gasteiger partial charge in [-0.05, 0) is 34.3 Å². The molecule has 0 aliphatic heterocycles. The molecule has 6 nitrogen and oxygen atoms in total. The highest BCUT2D eigenvalue weighted by molar-refractivity contribution is 7.93. The molecule has 1 atom stereocenters. The molecule has 0 aromatic carbocycles. The second-order valence-corrected chi connectivity index (χ2v) is 10.8. The van der Waals surface area contributed by atoms with Crippen LogP contribution in [0.15, 0.2) is 56.7 Å². The van der Waals surface area contributed by atoms with Crippen LogP contribution in [-0.2, 0) is 26.0 Å². The minimum absolute atomic E-state index is 0.175. The maximum absolute atomic E-state index is 12.9. The summed E-state index contributed by atoms with van der Waals surface area (Å²) in [5, 5.41) is 9.38. The summed E-state index contributed by atoms with van der Waals surface area (Å²) in [5.41, 5.74) is 0. The first-order chi connectivity index (χ1) is 13.0. The average molecular weight is 441 g/mol. The van der Waals surface area contributed by atoms with E-state index in [1.807, 2.05) is 17.5 Å². The summed E-state index contributed by atoms with van der Waals surface area (Å²) >= 11 is 3.90. The van der Waals surface area contributed by atoms with Crippen molar-refractivity contribution in [1.82, 2.24) is 10.6 Å². The van der Waals surface area contributed by atoms with Gasteiger partial charge in [0.25, 0.3) is 0 Å². The molecule has 0 spiro atoms. The highest BCUT2D eigenvalue weighted by atomic mass is 32.2. The quantitative estimate of drug-likeness (QED) is 0.553. The van der Waals surface area contributed by atoms with Gasteiger partial charge in [-0.3, -0.25) is 9.59 Å². The number of amides is 2. The molecule has 3 heterocycles. The molecule has 0 radical (unpaired) electrons. The van der Waals surface area contributed by atoms with Crippen molar-refractivity contribution in [2.45, 2.75) is 16.0 Å². The van der Waals surface area contributed by atoms with E-state index in [0.717, 1.165) is 16.2 Å². The van der Waals surface area contributed by atoms with Gasteiger partial charge in [-0.15, -0.1) is 34.0 Å². The molecule has 3 rings (SSSR count). The zero-order valence-corrected chi connectivity index (χ0v) is 17.2. The Kier molecular flexibility index (Phi) is 6.42. The molecule has 142 valence electrons. The van der Waals surface area contributed by atoms with Crippen molar-refractivity contribution < 1.29 is 18.0 Å². The van der Waals surface area contributed by atoms with Gasteiger partial charge in [0.2, 0.25) is 0 Å². The van der Waals surface area contributed by atoms with Crippen LogP contribution in [0.4, 0.5) is 0 Å². The SMILES string of the molecule is O=C(NCc1cccs1)C(=O)NC[C@H](c1cccs1)S(=O)(=O)c1cccs1. The predicted molar refractivity (Wildman–Crippen MR) is 108 cm³/mol. The highest BCUT2D eigenvalue weighted by Crippen LogP contribution is 2.33. The van der Waals surface area contributed by atoms with Gasteiger partial charge in [-0.2, -0.15) is 0 Å². The van der Waals surface area contributed by atoms with Crippen LogP contribution in [-0.4, -0.2) is 26.8 Å². The molecular formula is C17H16N2O4S4. The van der Waals surface area contributed by atoms with Crippen LogP contribution in [0.2, 0.25) is 0 Å². The van der Waals surface area contributed by atoms with Gasteiger partial charge in [0.05, 0.1) is 6.54 Å². The van der Waals surface area contributed by atoms with Crippen molar-refractivity contribution in [2.75, 3.05) is 6.54 Å². The largest absolute Gasteiger partial charge is 0.346 e. The van der Waals surface area contributed by atoms with E-state index in [2.05, 4.69) is 10.6 Å². The van der Waals surface area contributed by atoms with Gasteiger partial charge in [-0.25, -0.2) is 8.42 Å². The van der Waals surface area contributed by atoms with Crippen LogP contribution >= 0.6 is 34.0 Å². The molecule has 3 aromatic heterocycles. The fourth-order valence-electron chi connectivity index (χ4n) is 2.33. The summed E-state index contributed by atoms with van der Waals surface area (Å²) in [6.45, 7) is 0.0811. The smallest absolute Gasteiger partial charge is 0.309 e. The number of hydrogen-bond donors (Lipinski definition) is 2. The Hall–Kier alpha value is -2.01. The van der Waals surface area contributed by atoms with Crippen molar-refractivity contribution >= 4 is 55.7 Å². The predicted octanol–water partition coefficient (Wildman–Crippen LogP) is 2.82. The Bertz CT molecular complexity index is 978. The zero-order valence-electron chi connectivity index (χ0n) is 14.0. The summed E-state index contributed by atoms with van der Waals surface area (Å²) in [4.78, 5) is 25.6. The molecule has 0 aliphatic rings. The number of thiophene rings is 3. The van der Waals surface area contributed by atoms with Crippen LogP contribution in [0.1, 0.15) is 15.0 Å². The molecule has 0 fully saturated rings. The number of rotatable bonds is 7.